The summed E-state index contributed by atoms with van der Waals surface area (Å²) in [6.07, 6.45) is 4.11. The van der Waals surface area contributed by atoms with Gasteiger partial charge in [0.1, 0.15) is 0 Å². The number of H-pyrrole nitrogens is 1. The second-order valence-corrected chi connectivity index (χ2v) is 6.10. The number of aryl methyl sites for hydroxylation is 1. The predicted molar refractivity (Wildman–Crippen MR) is 98.3 cm³/mol. The number of nitrogens with one attached hydrogen (secondary N) is 1. The molecule has 0 bridgehead atoms. The van der Waals surface area contributed by atoms with Crippen LogP contribution < -0.4 is 5.56 Å². The van der Waals surface area contributed by atoms with Gasteiger partial charge in [0.15, 0.2) is 0 Å². The number of benzene rings is 2. The lowest BCUT2D eigenvalue weighted by atomic mass is 10.0. The van der Waals surface area contributed by atoms with Gasteiger partial charge in [0, 0.05) is 30.0 Å². The second-order valence-electron chi connectivity index (χ2n) is 6.10. The van der Waals surface area contributed by atoms with Crippen molar-refractivity contribution in [3.8, 4) is 11.3 Å². The number of hydrogen-bond donors (Lipinski definition) is 1. The van der Waals surface area contributed by atoms with Crippen LogP contribution >= 0.6 is 0 Å². The van der Waals surface area contributed by atoms with Gasteiger partial charge >= 0.3 is 0 Å². The fraction of sp³-hybridized carbons (Fsp3) is 0.0952. The Kier molecular flexibility index (Phi) is 3.54. The van der Waals surface area contributed by atoms with Crippen LogP contribution in [0.5, 0.6) is 0 Å². The highest BCUT2D eigenvalue weighted by Crippen LogP contribution is 2.22. The van der Waals surface area contributed by atoms with Gasteiger partial charge < -0.3 is 9.55 Å². The van der Waals surface area contributed by atoms with Crippen LogP contribution in [-0.2, 0) is 6.54 Å². The van der Waals surface area contributed by atoms with Gasteiger partial charge in [-0.2, -0.15) is 0 Å². The summed E-state index contributed by atoms with van der Waals surface area (Å²) in [5.41, 5.74) is 4.18. The van der Waals surface area contributed by atoms with Gasteiger partial charge in [-0.3, -0.25) is 4.79 Å². The maximum absolute atomic E-state index is 12.3. The van der Waals surface area contributed by atoms with Gasteiger partial charge in [0.05, 0.1) is 0 Å². The molecule has 0 unspecified atom stereocenters. The molecule has 24 heavy (non-hydrogen) atoms. The van der Waals surface area contributed by atoms with Gasteiger partial charge in [-0.05, 0) is 53.3 Å². The van der Waals surface area contributed by atoms with Crippen LogP contribution in [0, 0.1) is 6.92 Å². The molecule has 0 fully saturated rings. The molecule has 2 aromatic heterocycles. The maximum atomic E-state index is 12.3. The van der Waals surface area contributed by atoms with E-state index in [0.717, 1.165) is 34.1 Å². The van der Waals surface area contributed by atoms with Crippen molar-refractivity contribution < 1.29 is 0 Å². The Labute approximate surface area is 140 Å². The van der Waals surface area contributed by atoms with Crippen LogP contribution in [0.4, 0.5) is 0 Å². The van der Waals surface area contributed by atoms with Crippen molar-refractivity contribution in [2.75, 3.05) is 0 Å². The lowest BCUT2D eigenvalue weighted by Gasteiger charge is -2.08. The van der Waals surface area contributed by atoms with Crippen LogP contribution in [0.15, 0.2) is 77.9 Å². The van der Waals surface area contributed by atoms with Crippen LogP contribution in [0.2, 0.25) is 0 Å². The topological polar surface area (TPSA) is 37.8 Å². The molecule has 0 aliphatic heterocycles. The fourth-order valence-electron chi connectivity index (χ4n) is 3.07. The number of aromatic amines is 1. The number of nitrogens with zero attached hydrogens (tertiary/aromatic N) is 1. The molecule has 0 atom stereocenters. The van der Waals surface area contributed by atoms with Gasteiger partial charge in [-0.15, -0.1) is 0 Å². The number of aromatic nitrogens is 2. The van der Waals surface area contributed by atoms with Gasteiger partial charge in [-0.1, -0.05) is 36.4 Å². The minimum atomic E-state index is -0.0392. The molecule has 3 nitrogen and oxygen atoms in total. The molecule has 2 heterocycles. The molecule has 4 rings (SSSR count). The van der Waals surface area contributed by atoms with Crippen molar-refractivity contribution in [2.24, 2.45) is 0 Å². The molecule has 0 amide bonds. The monoisotopic (exact) mass is 314 g/mol. The smallest absolute Gasteiger partial charge is 0.256 e. The minimum absolute atomic E-state index is 0.0392. The molecule has 0 spiro atoms. The summed E-state index contributed by atoms with van der Waals surface area (Å²) >= 11 is 0. The Bertz CT molecular complexity index is 1040. The molecule has 2 aromatic carbocycles. The third-order valence-electron chi connectivity index (χ3n) is 4.40. The van der Waals surface area contributed by atoms with Crippen molar-refractivity contribution in [1.29, 1.82) is 0 Å². The summed E-state index contributed by atoms with van der Waals surface area (Å²) in [4.78, 5) is 15.3. The Morgan fingerprint density at radius 1 is 0.917 bits per heavy atom. The molecule has 0 saturated carbocycles. The summed E-state index contributed by atoms with van der Waals surface area (Å²) in [5, 5.41) is 1.75. The molecular formula is C21H18N2O. The van der Waals surface area contributed by atoms with E-state index in [2.05, 4.69) is 52.3 Å². The number of hydrogen-bond acceptors (Lipinski definition) is 1. The molecule has 1 N–H and O–H groups in total. The minimum Gasteiger partial charge on any atom is -0.350 e. The molecule has 0 saturated heterocycles. The Balaban J connectivity index is 1.72. The average Bonchev–Trinajstić information content (AvgIpc) is 3.09. The average molecular weight is 314 g/mol. The lowest BCUT2D eigenvalue weighted by molar-refractivity contribution is 0.806. The van der Waals surface area contributed by atoms with Crippen molar-refractivity contribution in [1.82, 2.24) is 9.55 Å². The molecule has 0 aliphatic carbocycles. The largest absolute Gasteiger partial charge is 0.350 e. The summed E-state index contributed by atoms with van der Waals surface area (Å²) < 4.78 is 2.14. The van der Waals surface area contributed by atoms with E-state index in [9.17, 15) is 4.79 Å². The zero-order valence-corrected chi connectivity index (χ0v) is 13.5. The van der Waals surface area contributed by atoms with E-state index in [-0.39, 0.29) is 5.56 Å². The summed E-state index contributed by atoms with van der Waals surface area (Å²) in [6, 6.07) is 20.3. The van der Waals surface area contributed by atoms with Crippen molar-refractivity contribution in [2.45, 2.75) is 13.5 Å². The van der Waals surface area contributed by atoms with Crippen molar-refractivity contribution in [3.05, 3.63) is 94.5 Å². The number of pyridine rings is 1. The Hall–Kier alpha value is -3.07. The van der Waals surface area contributed by atoms with E-state index in [1.54, 1.807) is 0 Å². The van der Waals surface area contributed by atoms with E-state index in [1.807, 2.05) is 37.3 Å². The number of rotatable bonds is 3. The van der Waals surface area contributed by atoms with Crippen LogP contribution in [-0.4, -0.2) is 9.55 Å². The van der Waals surface area contributed by atoms with Gasteiger partial charge in [-0.25, -0.2) is 0 Å². The highest BCUT2D eigenvalue weighted by Gasteiger charge is 2.06. The predicted octanol–water partition coefficient (Wildman–Crippen LogP) is 4.35. The molecular weight excluding hydrogens is 296 g/mol. The third kappa shape index (κ3) is 2.65. The van der Waals surface area contributed by atoms with Crippen molar-refractivity contribution in [3.63, 3.8) is 0 Å². The highest BCUT2D eigenvalue weighted by molar-refractivity contribution is 5.87. The Morgan fingerprint density at radius 3 is 2.42 bits per heavy atom. The first kappa shape index (κ1) is 14.5. The fourth-order valence-corrected chi connectivity index (χ4v) is 3.07. The van der Waals surface area contributed by atoms with E-state index in [1.165, 1.54) is 5.56 Å². The summed E-state index contributed by atoms with van der Waals surface area (Å²) in [5.74, 6) is 0. The molecule has 0 radical (unpaired) electrons. The summed E-state index contributed by atoms with van der Waals surface area (Å²) in [6.45, 7) is 2.88. The molecule has 0 aliphatic rings. The second kappa shape index (κ2) is 5.85. The lowest BCUT2D eigenvalue weighted by Crippen LogP contribution is -2.07. The SMILES string of the molecule is Cc1cccc2c(=O)[nH]c(-c3ccc(Cn4cccc4)cc3)cc12. The first-order chi connectivity index (χ1) is 11.7. The van der Waals surface area contributed by atoms with Gasteiger partial charge in [0.2, 0.25) is 0 Å². The highest BCUT2D eigenvalue weighted by atomic mass is 16.1. The van der Waals surface area contributed by atoms with E-state index >= 15 is 0 Å². The zero-order valence-electron chi connectivity index (χ0n) is 13.5. The van der Waals surface area contributed by atoms with Crippen LogP contribution in [0.25, 0.3) is 22.0 Å². The first-order valence-corrected chi connectivity index (χ1v) is 8.03. The standard InChI is InChI=1S/C21H18N2O/c1-15-5-4-6-18-19(15)13-20(22-21(18)24)17-9-7-16(8-10-17)14-23-11-2-3-12-23/h2-13H,14H2,1H3,(H,22,24). The number of fused-ring (bicyclic) bond motifs is 1. The molecule has 4 aromatic rings. The van der Waals surface area contributed by atoms with E-state index < -0.39 is 0 Å². The van der Waals surface area contributed by atoms with Gasteiger partial charge in [0.25, 0.3) is 5.56 Å². The zero-order chi connectivity index (χ0) is 16.5. The molecule has 118 valence electrons. The summed E-state index contributed by atoms with van der Waals surface area (Å²) in [7, 11) is 0. The third-order valence-corrected chi connectivity index (χ3v) is 4.40. The van der Waals surface area contributed by atoms with E-state index in [4.69, 9.17) is 0 Å². The quantitative estimate of drug-likeness (QED) is 0.599. The normalized spacial score (nSPS) is 11.0. The first-order valence-electron chi connectivity index (χ1n) is 8.03. The van der Waals surface area contributed by atoms with Crippen LogP contribution in [0.1, 0.15) is 11.1 Å². The molecule has 3 heteroatoms. The Morgan fingerprint density at radius 2 is 1.67 bits per heavy atom. The van der Waals surface area contributed by atoms with Crippen LogP contribution in [0.3, 0.4) is 0 Å². The van der Waals surface area contributed by atoms with E-state index in [0.29, 0.717) is 0 Å². The maximum Gasteiger partial charge on any atom is 0.256 e. The van der Waals surface area contributed by atoms with Crippen molar-refractivity contribution >= 4 is 10.8 Å².